The summed E-state index contributed by atoms with van der Waals surface area (Å²) in [6.07, 6.45) is 0. The fourth-order valence-corrected chi connectivity index (χ4v) is 3.16. The molecule has 0 bridgehead atoms. The number of nitro benzene ring substituents is 1. The van der Waals surface area contributed by atoms with E-state index < -0.39 is 10.8 Å². The van der Waals surface area contributed by atoms with Gasteiger partial charge in [0.25, 0.3) is 11.6 Å². The Morgan fingerprint density at radius 2 is 1.74 bits per heavy atom. The van der Waals surface area contributed by atoms with E-state index >= 15 is 0 Å². The van der Waals surface area contributed by atoms with Gasteiger partial charge >= 0.3 is 0 Å². The van der Waals surface area contributed by atoms with Crippen molar-refractivity contribution in [3.8, 4) is 17.1 Å². The monoisotopic (exact) mass is 453 g/mol. The molecular formula is C21H13Cl2N5O3. The zero-order chi connectivity index (χ0) is 22.0. The molecule has 4 aromatic rings. The summed E-state index contributed by atoms with van der Waals surface area (Å²) >= 11 is 12.2. The van der Waals surface area contributed by atoms with Crippen LogP contribution in [-0.2, 0) is 0 Å². The molecule has 1 aromatic heterocycles. The minimum Gasteiger partial charge on any atom is -0.319 e. The highest BCUT2D eigenvalue weighted by Crippen LogP contribution is 2.27. The number of carbonyl (C=O) groups is 1. The highest BCUT2D eigenvalue weighted by Gasteiger charge is 2.20. The molecule has 0 unspecified atom stereocenters. The second-order valence-electron chi connectivity index (χ2n) is 6.40. The Labute approximate surface area is 186 Å². The van der Waals surface area contributed by atoms with Crippen molar-refractivity contribution in [3.05, 3.63) is 98.8 Å². The largest absolute Gasteiger partial charge is 0.319 e. The molecule has 0 aliphatic carbocycles. The standard InChI is InChI=1S/C21H13Cl2N5O3/c22-17-10-9-15(12-18(17)23)27-20(13-5-2-1-3-6-13)25-19(26-27)21(29)24-14-7-4-8-16(11-14)28(30)31/h1-12H,(H,24,29). The number of anilines is 1. The molecular weight excluding hydrogens is 441 g/mol. The minimum atomic E-state index is -0.614. The number of benzene rings is 3. The maximum Gasteiger partial charge on any atom is 0.295 e. The first-order valence-electron chi connectivity index (χ1n) is 8.96. The summed E-state index contributed by atoms with van der Waals surface area (Å²) in [5.41, 5.74) is 1.41. The number of carbonyl (C=O) groups excluding carboxylic acids is 1. The molecule has 3 aromatic carbocycles. The van der Waals surface area contributed by atoms with Crippen LogP contribution in [0.2, 0.25) is 10.0 Å². The van der Waals surface area contributed by atoms with E-state index in [0.29, 0.717) is 21.6 Å². The van der Waals surface area contributed by atoms with Crippen molar-refractivity contribution in [1.29, 1.82) is 0 Å². The van der Waals surface area contributed by atoms with Gasteiger partial charge < -0.3 is 5.32 Å². The van der Waals surface area contributed by atoms with Crippen molar-refractivity contribution in [2.45, 2.75) is 0 Å². The third kappa shape index (κ3) is 4.40. The van der Waals surface area contributed by atoms with Crippen molar-refractivity contribution >= 4 is 40.5 Å². The number of hydrogen-bond donors (Lipinski definition) is 1. The SMILES string of the molecule is O=C(Nc1cccc([N+](=O)[O-])c1)c1nc(-c2ccccc2)n(-c2ccc(Cl)c(Cl)c2)n1. The van der Waals surface area contributed by atoms with Gasteiger partial charge in [0.2, 0.25) is 5.82 Å². The van der Waals surface area contributed by atoms with E-state index in [0.717, 1.165) is 5.56 Å². The minimum absolute atomic E-state index is 0.114. The lowest BCUT2D eigenvalue weighted by Crippen LogP contribution is -2.14. The smallest absolute Gasteiger partial charge is 0.295 e. The van der Waals surface area contributed by atoms with Crippen LogP contribution in [0.25, 0.3) is 17.1 Å². The molecule has 0 saturated carbocycles. The van der Waals surface area contributed by atoms with Gasteiger partial charge in [0.15, 0.2) is 5.82 Å². The first kappa shape index (κ1) is 20.5. The normalized spacial score (nSPS) is 10.6. The van der Waals surface area contributed by atoms with Crippen LogP contribution in [0.3, 0.4) is 0 Å². The van der Waals surface area contributed by atoms with Crippen LogP contribution in [0.1, 0.15) is 10.6 Å². The van der Waals surface area contributed by atoms with Crippen LogP contribution in [-0.4, -0.2) is 25.6 Å². The molecule has 4 rings (SSSR count). The number of nitrogens with one attached hydrogen (secondary N) is 1. The Balaban J connectivity index is 1.74. The predicted octanol–water partition coefficient (Wildman–Crippen LogP) is 5.40. The molecule has 10 heteroatoms. The lowest BCUT2D eigenvalue weighted by atomic mass is 10.2. The molecule has 0 atom stereocenters. The van der Waals surface area contributed by atoms with Crippen LogP contribution in [0, 0.1) is 10.1 Å². The Morgan fingerprint density at radius 1 is 0.968 bits per heavy atom. The molecule has 1 N–H and O–H groups in total. The molecule has 31 heavy (non-hydrogen) atoms. The van der Waals surface area contributed by atoms with E-state index in [9.17, 15) is 14.9 Å². The fourth-order valence-electron chi connectivity index (χ4n) is 2.86. The molecule has 0 saturated heterocycles. The van der Waals surface area contributed by atoms with Gasteiger partial charge in [-0.25, -0.2) is 9.67 Å². The van der Waals surface area contributed by atoms with Crippen LogP contribution < -0.4 is 5.32 Å². The quantitative estimate of drug-likeness (QED) is 0.321. The van der Waals surface area contributed by atoms with E-state index in [1.807, 2.05) is 30.3 Å². The van der Waals surface area contributed by atoms with E-state index in [4.69, 9.17) is 23.2 Å². The topological polar surface area (TPSA) is 103 Å². The number of halogens is 2. The van der Waals surface area contributed by atoms with Gasteiger partial charge in [-0.1, -0.05) is 59.6 Å². The second-order valence-corrected chi connectivity index (χ2v) is 7.21. The fraction of sp³-hybridized carbons (Fsp3) is 0. The molecule has 1 heterocycles. The zero-order valence-corrected chi connectivity index (χ0v) is 17.2. The van der Waals surface area contributed by atoms with Crippen LogP contribution in [0.5, 0.6) is 0 Å². The van der Waals surface area contributed by atoms with E-state index in [1.165, 1.54) is 22.9 Å². The Hall–Kier alpha value is -3.75. The van der Waals surface area contributed by atoms with Crippen LogP contribution in [0.15, 0.2) is 72.8 Å². The third-order valence-electron chi connectivity index (χ3n) is 4.30. The number of nitrogens with zero attached hydrogens (tertiary/aromatic N) is 4. The Kier molecular flexibility index (Phi) is 5.66. The number of nitro groups is 1. The number of hydrogen-bond acceptors (Lipinski definition) is 5. The van der Waals surface area contributed by atoms with E-state index in [2.05, 4.69) is 15.4 Å². The van der Waals surface area contributed by atoms with E-state index in [1.54, 1.807) is 24.3 Å². The van der Waals surface area contributed by atoms with Crippen molar-refractivity contribution in [1.82, 2.24) is 14.8 Å². The van der Waals surface area contributed by atoms with Crippen LogP contribution in [0.4, 0.5) is 11.4 Å². The summed E-state index contributed by atoms with van der Waals surface area (Å²) < 4.78 is 1.49. The highest BCUT2D eigenvalue weighted by atomic mass is 35.5. The summed E-state index contributed by atoms with van der Waals surface area (Å²) in [7, 11) is 0. The first-order valence-corrected chi connectivity index (χ1v) is 9.71. The second kappa shape index (κ2) is 8.55. The molecule has 1 amide bonds. The Bertz CT molecular complexity index is 1290. The Morgan fingerprint density at radius 3 is 2.45 bits per heavy atom. The molecule has 0 fully saturated rings. The molecule has 154 valence electrons. The summed E-state index contributed by atoms with van der Waals surface area (Å²) in [4.78, 5) is 27.6. The van der Waals surface area contributed by atoms with Gasteiger partial charge in [-0.2, -0.15) is 0 Å². The summed E-state index contributed by atoms with van der Waals surface area (Å²) in [5.74, 6) is -0.309. The van der Waals surface area contributed by atoms with Gasteiger partial charge in [0, 0.05) is 23.4 Å². The maximum absolute atomic E-state index is 12.8. The van der Waals surface area contributed by atoms with E-state index in [-0.39, 0.29) is 17.2 Å². The molecule has 0 aliphatic rings. The van der Waals surface area contributed by atoms with Crippen molar-refractivity contribution in [2.75, 3.05) is 5.32 Å². The summed E-state index contributed by atoms with van der Waals surface area (Å²) in [6.45, 7) is 0. The maximum atomic E-state index is 12.8. The zero-order valence-electron chi connectivity index (χ0n) is 15.7. The van der Waals surface area contributed by atoms with Gasteiger partial charge in [0.1, 0.15) is 0 Å². The van der Waals surface area contributed by atoms with Crippen molar-refractivity contribution < 1.29 is 9.72 Å². The molecule has 0 radical (unpaired) electrons. The lowest BCUT2D eigenvalue weighted by molar-refractivity contribution is -0.384. The van der Waals surface area contributed by atoms with Gasteiger partial charge in [-0.3, -0.25) is 14.9 Å². The number of amides is 1. The number of rotatable bonds is 5. The number of aromatic nitrogens is 3. The summed E-state index contributed by atoms with van der Waals surface area (Å²) in [6, 6.07) is 19.8. The lowest BCUT2D eigenvalue weighted by Gasteiger charge is -2.07. The van der Waals surface area contributed by atoms with Crippen LogP contribution >= 0.6 is 23.2 Å². The van der Waals surface area contributed by atoms with Crippen molar-refractivity contribution in [2.24, 2.45) is 0 Å². The number of non-ortho nitro benzene ring substituents is 1. The molecule has 8 nitrogen and oxygen atoms in total. The predicted molar refractivity (Wildman–Crippen MR) is 118 cm³/mol. The molecule has 0 spiro atoms. The average molecular weight is 454 g/mol. The van der Waals surface area contributed by atoms with Gasteiger partial charge in [-0.05, 0) is 24.3 Å². The summed E-state index contributed by atoms with van der Waals surface area (Å²) in [5, 5.41) is 18.6. The molecule has 0 aliphatic heterocycles. The van der Waals surface area contributed by atoms with Gasteiger partial charge in [-0.15, -0.1) is 5.10 Å². The first-order chi connectivity index (χ1) is 14.9. The van der Waals surface area contributed by atoms with Crippen molar-refractivity contribution in [3.63, 3.8) is 0 Å². The average Bonchev–Trinajstić information content (AvgIpc) is 3.22. The third-order valence-corrected chi connectivity index (χ3v) is 5.04. The van der Waals surface area contributed by atoms with Gasteiger partial charge in [0.05, 0.1) is 20.7 Å². The highest BCUT2D eigenvalue weighted by molar-refractivity contribution is 6.42.